The molecule has 30 heavy (non-hydrogen) atoms. The number of rotatable bonds is 6. The van der Waals surface area contributed by atoms with Crippen LogP contribution in [0.3, 0.4) is 0 Å². The highest BCUT2D eigenvalue weighted by atomic mass is 32.1. The molecule has 2 aliphatic carbocycles. The minimum absolute atomic E-state index is 0.233. The second-order valence-corrected chi connectivity index (χ2v) is 9.56. The van der Waals surface area contributed by atoms with E-state index in [-0.39, 0.29) is 24.0 Å². The summed E-state index contributed by atoms with van der Waals surface area (Å²) in [4.78, 5) is 25.3. The molecule has 156 valence electrons. The zero-order chi connectivity index (χ0) is 20.9. The fourth-order valence-corrected chi connectivity index (χ4v) is 5.60. The van der Waals surface area contributed by atoms with Crippen molar-refractivity contribution < 1.29 is 14.3 Å². The van der Waals surface area contributed by atoms with Crippen molar-refractivity contribution in [2.24, 2.45) is 5.92 Å². The largest absolute Gasteiger partial charge is 0.449 e. The van der Waals surface area contributed by atoms with Gasteiger partial charge >= 0.3 is 6.09 Å². The second kappa shape index (κ2) is 9.45. The standard InChI is InChI=1S/C22H23N3O3S2/c23-11-18-17-6-4-15(12-28-22(27)24-16-2-1-3-16)10-19(17)30-21(18)25-20(26)7-5-14-8-9-29-13-14/h5,7-9,13,15-16H,1-4,6,10,12H2,(H,24,27)(H,25,26). The number of nitrogens with zero attached hydrogens (tertiary/aromatic N) is 1. The van der Waals surface area contributed by atoms with Crippen molar-refractivity contribution in [2.75, 3.05) is 11.9 Å². The highest BCUT2D eigenvalue weighted by molar-refractivity contribution is 7.16. The highest BCUT2D eigenvalue weighted by Crippen LogP contribution is 2.39. The number of anilines is 1. The number of amides is 2. The summed E-state index contributed by atoms with van der Waals surface area (Å²) < 4.78 is 5.41. The van der Waals surface area contributed by atoms with E-state index in [0.29, 0.717) is 17.2 Å². The van der Waals surface area contributed by atoms with E-state index < -0.39 is 0 Å². The Bertz CT molecular complexity index is 984. The van der Waals surface area contributed by atoms with Gasteiger partial charge < -0.3 is 15.4 Å². The van der Waals surface area contributed by atoms with Crippen molar-refractivity contribution in [3.05, 3.63) is 44.5 Å². The van der Waals surface area contributed by atoms with Crippen molar-refractivity contribution in [1.82, 2.24) is 5.32 Å². The molecule has 1 unspecified atom stereocenters. The predicted molar refractivity (Wildman–Crippen MR) is 119 cm³/mol. The fourth-order valence-electron chi connectivity index (χ4n) is 3.65. The second-order valence-electron chi connectivity index (χ2n) is 7.68. The summed E-state index contributed by atoms with van der Waals surface area (Å²) in [5, 5.41) is 19.9. The molecule has 8 heteroatoms. The molecule has 0 aromatic carbocycles. The molecule has 2 aromatic rings. The van der Waals surface area contributed by atoms with Crippen LogP contribution in [0.2, 0.25) is 0 Å². The van der Waals surface area contributed by atoms with Crippen LogP contribution in [-0.2, 0) is 22.4 Å². The zero-order valence-electron chi connectivity index (χ0n) is 16.5. The number of carbonyl (C=O) groups excluding carboxylic acids is 2. The van der Waals surface area contributed by atoms with E-state index in [4.69, 9.17) is 4.74 Å². The molecule has 2 amide bonds. The molecular formula is C22H23N3O3S2. The first-order valence-electron chi connectivity index (χ1n) is 10.1. The van der Waals surface area contributed by atoms with Gasteiger partial charge in [-0.05, 0) is 78.5 Å². The Balaban J connectivity index is 1.35. The summed E-state index contributed by atoms with van der Waals surface area (Å²) in [6.45, 7) is 0.378. The maximum Gasteiger partial charge on any atom is 0.407 e. The summed E-state index contributed by atoms with van der Waals surface area (Å²) in [7, 11) is 0. The normalized spacial score (nSPS) is 18.3. The Hall–Kier alpha value is -2.63. The molecule has 2 heterocycles. The van der Waals surface area contributed by atoms with E-state index in [1.807, 2.05) is 16.8 Å². The Labute approximate surface area is 183 Å². The average molecular weight is 442 g/mol. The third-order valence-electron chi connectivity index (χ3n) is 5.56. The van der Waals surface area contributed by atoms with E-state index in [9.17, 15) is 14.9 Å². The predicted octanol–water partition coefficient (Wildman–Crippen LogP) is 4.72. The Kier molecular flexibility index (Phi) is 6.50. The van der Waals surface area contributed by atoms with Gasteiger partial charge in [0.05, 0.1) is 12.2 Å². The summed E-state index contributed by atoms with van der Waals surface area (Å²) >= 11 is 3.03. The van der Waals surface area contributed by atoms with Gasteiger partial charge in [0.25, 0.3) is 0 Å². The number of alkyl carbamates (subject to hydrolysis) is 1. The molecule has 4 rings (SSSR count). The molecule has 2 aromatic heterocycles. The first-order chi connectivity index (χ1) is 14.6. The topological polar surface area (TPSA) is 91.2 Å². The van der Waals surface area contributed by atoms with E-state index in [0.717, 1.165) is 48.1 Å². The van der Waals surface area contributed by atoms with Crippen LogP contribution in [0.25, 0.3) is 6.08 Å². The maximum absolute atomic E-state index is 12.3. The molecule has 2 aliphatic rings. The maximum atomic E-state index is 12.3. The Morgan fingerprint density at radius 1 is 1.33 bits per heavy atom. The van der Waals surface area contributed by atoms with Gasteiger partial charge in [0.15, 0.2) is 0 Å². The van der Waals surface area contributed by atoms with Gasteiger partial charge in [-0.1, -0.05) is 0 Å². The van der Waals surface area contributed by atoms with Crippen molar-refractivity contribution in [2.45, 2.75) is 44.6 Å². The number of thiophene rings is 2. The third kappa shape index (κ3) is 4.91. The van der Waals surface area contributed by atoms with Crippen LogP contribution in [0.1, 0.15) is 47.3 Å². The summed E-state index contributed by atoms with van der Waals surface area (Å²) in [6, 6.07) is 4.46. The van der Waals surface area contributed by atoms with Gasteiger partial charge in [0.2, 0.25) is 5.91 Å². The first-order valence-corrected chi connectivity index (χ1v) is 11.9. The minimum Gasteiger partial charge on any atom is -0.449 e. The lowest BCUT2D eigenvalue weighted by atomic mass is 9.88. The lowest BCUT2D eigenvalue weighted by Gasteiger charge is -2.27. The molecular weight excluding hydrogens is 418 g/mol. The van der Waals surface area contributed by atoms with E-state index >= 15 is 0 Å². The number of nitrogens with one attached hydrogen (secondary N) is 2. The number of carbonyl (C=O) groups is 2. The molecule has 6 nitrogen and oxygen atoms in total. The van der Waals surface area contributed by atoms with Crippen molar-refractivity contribution >= 4 is 45.8 Å². The molecule has 0 radical (unpaired) electrons. The highest BCUT2D eigenvalue weighted by Gasteiger charge is 2.27. The number of fused-ring (bicyclic) bond motifs is 1. The molecule has 1 fully saturated rings. The number of nitriles is 1. The Morgan fingerprint density at radius 3 is 2.90 bits per heavy atom. The molecule has 0 spiro atoms. The van der Waals surface area contributed by atoms with Crippen LogP contribution in [0.5, 0.6) is 0 Å². The van der Waals surface area contributed by atoms with Crippen LogP contribution < -0.4 is 10.6 Å². The van der Waals surface area contributed by atoms with Crippen molar-refractivity contribution in [3.8, 4) is 6.07 Å². The van der Waals surface area contributed by atoms with E-state index in [2.05, 4.69) is 16.7 Å². The molecule has 0 bridgehead atoms. The minimum atomic E-state index is -0.334. The van der Waals surface area contributed by atoms with Crippen LogP contribution in [0.4, 0.5) is 9.80 Å². The summed E-state index contributed by atoms with van der Waals surface area (Å²) in [5.41, 5.74) is 2.56. The third-order valence-corrected chi connectivity index (χ3v) is 7.43. The summed E-state index contributed by atoms with van der Waals surface area (Å²) in [6.07, 6.45) is 8.52. The van der Waals surface area contributed by atoms with E-state index in [1.165, 1.54) is 23.8 Å². The van der Waals surface area contributed by atoms with Gasteiger partial charge in [0.1, 0.15) is 11.1 Å². The lowest BCUT2D eigenvalue weighted by Crippen LogP contribution is -2.40. The van der Waals surface area contributed by atoms with Crippen LogP contribution in [0, 0.1) is 17.2 Å². The van der Waals surface area contributed by atoms with Gasteiger partial charge in [-0.3, -0.25) is 4.79 Å². The zero-order valence-corrected chi connectivity index (χ0v) is 18.1. The summed E-state index contributed by atoms with van der Waals surface area (Å²) in [5.74, 6) is -0.0132. The van der Waals surface area contributed by atoms with Crippen LogP contribution in [0.15, 0.2) is 22.9 Å². The fraction of sp³-hybridized carbons (Fsp3) is 0.409. The van der Waals surface area contributed by atoms with E-state index in [1.54, 1.807) is 17.4 Å². The molecule has 0 aliphatic heterocycles. The first kappa shape index (κ1) is 20.6. The van der Waals surface area contributed by atoms with Crippen molar-refractivity contribution in [3.63, 3.8) is 0 Å². The quantitative estimate of drug-likeness (QED) is 0.635. The number of hydrogen-bond acceptors (Lipinski definition) is 6. The lowest BCUT2D eigenvalue weighted by molar-refractivity contribution is -0.111. The monoisotopic (exact) mass is 441 g/mol. The smallest absolute Gasteiger partial charge is 0.407 e. The van der Waals surface area contributed by atoms with Gasteiger partial charge in [-0.2, -0.15) is 16.6 Å². The van der Waals surface area contributed by atoms with Gasteiger partial charge in [-0.25, -0.2) is 4.79 Å². The van der Waals surface area contributed by atoms with Crippen LogP contribution >= 0.6 is 22.7 Å². The van der Waals surface area contributed by atoms with Gasteiger partial charge in [0, 0.05) is 17.0 Å². The van der Waals surface area contributed by atoms with Crippen molar-refractivity contribution in [1.29, 1.82) is 5.26 Å². The number of ether oxygens (including phenoxy) is 1. The van der Waals surface area contributed by atoms with Crippen LogP contribution in [-0.4, -0.2) is 24.6 Å². The molecule has 2 N–H and O–H groups in total. The molecule has 1 atom stereocenters. The number of hydrogen-bond donors (Lipinski definition) is 2. The average Bonchev–Trinajstić information content (AvgIpc) is 3.34. The molecule has 0 saturated heterocycles. The SMILES string of the molecule is N#Cc1c(NC(=O)C=Cc2ccsc2)sc2c1CCC(COC(=O)NC1CCC1)C2. The van der Waals surface area contributed by atoms with Gasteiger partial charge in [-0.15, -0.1) is 11.3 Å². The Morgan fingerprint density at radius 2 is 2.20 bits per heavy atom. The molecule has 1 saturated carbocycles.